The third-order valence-electron chi connectivity index (χ3n) is 4.74. The lowest BCUT2D eigenvalue weighted by Gasteiger charge is -2.35. The quantitative estimate of drug-likeness (QED) is 0.763. The highest BCUT2D eigenvalue weighted by Gasteiger charge is 2.34. The van der Waals surface area contributed by atoms with Gasteiger partial charge in [0, 0.05) is 18.8 Å². The Balaban J connectivity index is 2.13. The monoisotopic (exact) mass is 373 g/mol. The molecule has 2 aromatic rings. The number of aromatic nitrogens is 2. The van der Waals surface area contributed by atoms with Gasteiger partial charge in [0.2, 0.25) is 0 Å². The summed E-state index contributed by atoms with van der Waals surface area (Å²) in [5.74, 6) is -0.285. The average Bonchev–Trinajstić information content (AvgIpc) is 2.90. The lowest BCUT2D eigenvalue weighted by atomic mass is 9.99. The number of pyridine rings is 1. The predicted molar refractivity (Wildman–Crippen MR) is 88.9 cm³/mol. The van der Waals surface area contributed by atoms with Gasteiger partial charge >= 0.3 is 6.18 Å². The first-order valence-corrected chi connectivity index (χ1v) is 8.68. The van der Waals surface area contributed by atoms with Gasteiger partial charge in [-0.15, -0.1) is 0 Å². The molecule has 1 aliphatic heterocycles. The van der Waals surface area contributed by atoms with Crippen molar-refractivity contribution < 1.29 is 18.0 Å². The second kappa shape index (κ2) is 6.52. The van der Waals surface area contributed by atoms with Crippen LogP contribution >= 0.6 is 11.6 Å². The molecule has 1 unspecified atom stereocenters. The van der Waals surface area contributed by atoms with Gasteiger partial charge in [-0.2, -0.15) is 13.2 Å². The summed E-state index contributed by atoms with van der Waals surface area (Å²) in [5.41, 5.74) is -0.197. The standard InChI is InChI=1S/C17H19ClF3N3O/c1-3-12-6-4-5-7-23(12)16(25)14-10(2)22-15-13(18)8-11(9-24(14)15)17(19,20)21/h8-9,12H,3-7H2,1-2H3. The van der Waals surface area contributed by atoms with Crippen LogP contribution in [0.1, 0.15) is 54.4 Å². The zero-order valence-electron chi connectivity index (χ0n) is 14.0. The van der Waals surface area contributed by atoms with Crippen LogP contribution in [0.3, 0.4) is 0 Å². The van der Waals surface area contributed by atoms with Gasteiger partial charge in [-0.05, 0) is 38.7 Å². The van der Waals surface area contributed by atoms with Crippen LogP contribution in [-0.2, 0) is 6.18 Å². The molecule has 3 heterocycles. The fourth-order valence-corrected chi connectivity index (χ4v) is 3.71. The van der Waals surface area contributed by atoms with Gasteiger partial charge < -0.3 is 4.90 Å². The molecule has 0 aromatic carbocycles. The maximum Gasteiger partial charge on any atom is 0.417 e. The number of aryl methyl sites for hydroxylation is 1. The Morgan fingerprint density at radius 3 is 2.76 bits per heavy atom. The van der Waals surface area contributed by atoms with Gasteiger partial charge in [-0.1, -0.05) is 18.5 Å². The summed E-state index contributed by atoms with van der Waals surface area (Å²) in [6, 6.07) is 0.945. The minimum Gasteiger partial charge on any atom is -0.334 e. The molecule has 0 aliphatic carbocycles. The van der Waals surface area contributed by atoms with Crippen molar-refractivity contribution in [1.29, 1.82) is 0 Å². The van der Waals surface area contributed by atoms with Gasteiger partial charge in [-0.25, -0.2) is 4.98 Å². The number of carbonyl (C=O) groups is 1. The van der Waals surface area contributed by atoms with Crippen molar-refractivity contribution in [2.75, 3.05) is 6.54 Å². The lowest BCUT2D eigenvalue weighted by Crippen LogP contribution is -2.44. The van der Waals surface area contributed by atoms with Crippen molar-refractivity contribution in [2.24, 2.45) is 0 Å². The number of likely N-dealkylation sites (tertiary alicyclic amines) is 1. The smallest absolute Gasteiger partial charge is 0.334 e. The Morgan fingerprint density at radius 1 is 1.40 bits per heavy atom. The molecule has 25 heavy (non-hydrogen) atoms. The molecule has 8 heteroatoms. The lowest BCUT2D eigenvalue weighted by molar-refractivity contribution is -0.137. The van der Waals surface area contributed by atoms with Crippen LogP contribution in [0.15, 0.2) is 12.3 Å². The summed E-state index contributed by atoms with van der Waals surface area (Å²) in [6.45, 7) is 4.24. The van der Waals surface area contributed by atoms with Crippen LogP contribution in [0.25, 0.3) is 5.65 Å². The molecular formula is C17H19ClF3N3O. The second-order valence-electron chi connectivity index (χ2n) is 6.37. The zero-order valence-corrected chi connectivity index (χ0v) is 14.8. The minimum atomic E-state index is -4.55. The van der Waals surface area contributed by atoms with Crippen molar-refractivity contribution in [3.63, 3.8) is 0 Å². The molecule has 0 N–H and O–H groups in total. The number of hydrogen-bond donors (Lipinski definition) is 0. The third-order valence-corrected chi connectivity index (χ3v) is 5.02. The molecule has 1 fully saturated rings. The molecule has 0 bridgehead atoms. The molecular weight excluding hydrogens is 355 g/mol. The van der Waals surface area contributed by atoms with Crippen LogP contribution in [0.5, 0.6) is 0 Å². The molecule has 0 saturated carbocycles. The Morgan fingerprint density at radius 2 is 2.12 bits per heavy atom. The van der Waals surface area contributed by atoms with Crippen LogP contribution in [-0.4, -0.2) is 32.8 Å². The zero-order chi connectivity index (χ0) is 18.4. The van der Waals surface area contributed by atoms with E-state index in [9.17, 15) is 18.0 Å². The molecule has 1 saturated heterocycles. The predicted octanol–water partition coefficient (Wildman–Crippen LogP) is 4.72. The van der Waals surface area contributed by atoms with E-state index in [2.05, 4.69) is 4.98 Å². The summed E-state index contributed by atoms with van der Waals surface area (Å²) in [7, 11) is 0. The van der Waals surface area contributed by atoms with Crippen LogP contribution < -0.4 is 0 Å². The molecule has 0 radical (unpaired) electrons. The molecule has 0 spiro atoms. The second-order valence-corrected chi connectivity index (χ2v) is 6.78. The van der Waals surface area contributed by atoms with E-state index in [4.69, 9.17) is 11.6 Å². The highest BCUT2D eigenvalue weighted by Crippen LogP contribution is 2.33. The van der Waals surface area contributed by atoms with Gasteiger partial charge in [0.25, 0.3) is 5.91 Å². The number of rotatable bonds is 2. The van der Waals surface area contributed by atoms with Crippen LogP contribution in [0.4, 0.5) is 13.2 Å². The highest BCUT2D eigenvalue weighted by molar-refractivity contribution is 6.33. The largest absolute Gasteiger partial charge is 0.417 e. The SMILES string of the molecule is CCC1CCCCN1C(=O)c1c(C)nc2c(Cl)cc(C(F)(F)F)cn12. The van der Waals surface area contributed by atoms with E-state index in [0.717, 1.165) is 37.9 Å². The normalized spacial score (nSPS) is 18.8. The Labute approximate surface area is 148 Å². The van der Waals surface area contributed by atoms with E-state index in [0.29, 0.717) is 12.2 Å². The van der Waals surface area contributed by atoms with Crippen molar-refractivity contribution in [3.05, 3.63) is 34.2 Å². The van der Waals surface area contributed by atoms with Gasteiger partial charge in [0.05, 0.1) is 16.3 Å². The van der Waals surface area contributed by atoms with Crippen molar-refractivity contribution in [1.82, 2.24) is 14.3 Å². The summed E-state index contributed by atoms with van der Waals surface area (Å²) in [4.78, 5) is 19.1. The van der Waals surface area contributed by atoms with Crippen LogP contribution in [0, 0.1) is 6.92 Å². The molecule has 4 nitrogen and oxygen atoms in total. The van der Waals surface area contributed by atoms with Crippen molar-refractivity contribution in [3.8, 4) is 0 Å². The number of hydrogen-bond acceptors (Lipinski definition) is 2. The van der Waals surface area contributed by atoms with Gasteiger partial charge in [0.15, 0.2) is 5.65 Å². The fourth-order valence-electron chi connectivity index (χ4n) is 3.46. The van der Waals surface area contributed by atoms with E-state index in [-0.39, 0.29) is 28.3 Å². The summed E-state index contributed by atoms with van der Waals surface area (Å²) >= 11 is 5.99. The molecule has 1 aliphatic rings. The molecule has 136 valence electrons. The fraction of sp³-hybridized carbons (Fsp3) is 0.529. The first kappa shape index (κ1) is 18.0. The number of nitrogens with zero attached hydrogens (tertiary/aromatic N) is 3. The number of amides is 1. The van der Waals surface area contributed by atoms with Crippen molar-refractivity contribution >= 4 is 23.2 Å². The summed E-state index contributed by atoms with van der Waals surface area (Å²) < 4.78 is 40.5. The number of alkyl halides is 3. The summed E-state index contributed by atoms with van der Waals surface area (Å²) in [5, 5.41) is -0.123. The Hall–Kier alpha value is -1.76. The number of halogens is 4. The minimum absolute atomic E-state index is 0.104. The van der Waals surface area contributed by atoms with E-state index in [1.807, 2.05) is 6.92 Å². The van der Waals surface area contributed by atoms with E-state index < -0.39 is 11.7 Å². The van der Waals surface area contributed by atoms with E-state index in [1.165, 1.54) is 4.40 Å². The maximum atomic E-state index is 13.1. The number of imidazole rings is 1. The average molecular weight is 374 g/mol. The maximum absolute atomic E-state index is 13.1. The Kier molecular flexibility index (Phi) is 4.70. The Bertz CT molecular complexity index is 816. The highest BCUT2D eigenvalue weighted by atomic mass is 35.5. The van der Waals surface area contributed by atoms with E-state index in [1.54, 1.807) is 11.8 Å². The van der Waals surface area contributed by atoms with Gasteiger partial charge in [-0.3, -0.25) is 9.20 Å². The van der Waals surface area contributed by atoms with E-state index >= 15 is 0 Å². The molecule has 1 atom stereocenters. The number of fused-ring (bicyclic) bond motifs is 1. The van der Waals surface area contributed by atoms with Crippen molar-refractivity contribution in [2.45, 2.75) is 51.7 Å². The number of piperidine rings is 1. The number of carbonyl (C=O) groups excluding carboxylic acids is 1. The molecule has 2 aromatic heterocycles. The molecule has 3 rings (SSSR count). The third kappa shape index (κ3) is 3.21. The topological polar surface area (TPSA) is 37.6 Å². The first-order chi connectivity index (χ1) is 11.7. The van der Waals surface area contributed by atoms with Crippen LogP contribution in [0.2, 0.25) is 5.02 Å². The summed E-state index contributed by atoms with van der Waals surface area (Å²) in [6.07, 6.45) is 0.0282. The molecule has 1 amide bonds. The first-order valence-electron chi connectivity index (χ1n) is 8.30. The van der Waals surface area contributed by atoms with Gasteiger partial charge in [0.1, 0.15) is 5.69 Å².